The summed E-state index contributed by atoms with van der Waals surface area (Å²) in [6.45, 7) is 4.66. The SMILES string of the molecule is CCC1(C)CCC(CS(=O)(=O)N2C[C@@H]3OC(=O)N(C)[C@@H]3C2)O1. The maximum Gasteiger partial charge on any atom is 0.410 e. The number of hydrogen-bond acceptors (Lipinski definition) is 5. The molecule has 8 heteroatoms. The molecular weight excluding hydrogens is 308 g/mol. The maximum absolute atomic E-state index is 12.6. The maximum atomic E-state index is 12.6. The monoisotopic (exact) mass is 332 g/mol. The molecule has 3 aliphatic rings. The van der Waals surface area contributed by atoms with Gasteiger partial charge in [0.25, 0.3) is 0 Å². The Morgan fingerprint density at radius 3 is 2.68 bits per heavy atom. The molecule has 0 N–H and O–H groups in total. The fourth-order valence-corrected chi connectivity index (χ4v) is 5.16. The third-order valence-corrected chi connectivity index (χ3v) is 7.10. The molecule has 3 heterocycles. The molecule has 0 aliphatic carbocycles. The number of rotatable bonds is 4. The summed E-state index contributed by atoms with van der Waals surface area (Å²) in [4.78, 5) is 12.9. The standard InChI is InChI=1S/C14H24N2O5S/c1-4-14(2)6-5-10(21-14)9-22(18,19)16-7-11-12(8-16)20-13(17)15(11)3/h10-12H,4-9H2,1-3H3/t10?,11-,12+,14?/m1/s1. The minimum absolute atomic E-state index is 0.0136. The first-order chi connectivity index (χ1) is 10.2. The Bertz CT molecular complexity index is 566. The van der Waals surface area contributed by atoms with Gasteiger partial charge in [0.15, 0.2) is 0 Å². The fraction of sp³-hybridized carbons (Fsp3) is 0.929. The average Bonchev–Trinajstić information content (AvgIpc) is 3.08. The van der Waals surface area contributed by atoms with Crippen LogP contribution in [-0.2, 0) is 19.5 Å². The van der Waals surface area contributed by atoms with Crippen LogP contribution in [0.2, 0.25) is 0 Å². The summed E-state index contributed by atoms with van der Waals surface area (Å²) in [6.07, 6.45) is 1.60. The number of hydrogen-bond donors (Lipinski definition) is 0. The van der Waals surface area contributed by atoms with Crippen LogP contribution < -0.4 is 0 Å². The third-order valence-electron chi connectivity index (χ3n) is 5.23. The lowest BCUT2D eigenvalue weighted by molar-refractivity contribution is -0.0217. The lowest BCUT2D eigenvalue weighted by atomic mass is 10.00. The van der Waals surface area contributed by atoms with Crippen molar-refractivity contribution in [2.24, 2.45) is 0 Å². The second-order valence-electron chi connectivity index (χ2n) is 6.78. The molecule has 0 aromatic heterocycles. The van der Waals surface area contributed by atoms with Gasteiger partial charge in [0, 0.05) is 13.6 Å². The number of ether oxygens (including phenoxy) is 2. The molecule has 3 fully saturated rings. The van der Waals surface area contributed by atoms with Crippen LogP contribution >= 0.6 is 0 Å². The number of nitrogens with zero attached hydrogens (tertiary/aromatic N) is 2. The van der Waals surface area contributed by atoms with E-state index in [0.29, 0.717) is 6.54 Å². The number of fused-ring (bicyclic) bond motifs is 1. The highest BCUT2D eigenvalue weighted by molar-refractivity contribution is 7.89. The van der Waals surface area contributed by atoms with Crippen molar-refractivity contribution in [1.82, 2.24) is 9.21 Å². The second kappa shape index (κ2) is 5.35. The van der Waals surface area contributed by atoms with Crippen LogP contribution in [0.15, 0.2) is 0 Å². The predicted molar refractivity (Wildman–Crippen MR) is 80.0 cm³/mol. The van der Waals surface area contributed by atoms with Crippen LogP contribution in [0.1, 0.15) is 33.1 Å². The topological polar surface area (TPSA) is 76.2 Å². The largest absolute Gasteiger partial charge is 0.442 e. The Balaban J connectivity index is 1.62. The van der Waals surface area contributed by atoms with Gasteiger partial charge >= 0.3 is 6.09 Å². The van der Waals surface area contributed by atoms with Crippen molar-refractivity contribution in [3.8, 4) is 0 Å². The molecule has 2 unspecified atom stereocenters. The summed E-state index contributed by atoms with van der Waals surface area (Å²) >= 11 is 0. The summed E-state index contributed by atoms with van der Waals surface area (Å²) in [5.41, 5.74) is -0.197. The molecule has 4 atom stereocenters. The molecule has 22 heavy (non-hydrogen) atoms. The first-order valence-electron chi connectivity index (χ1n) is 7.83. The summed E-state index contributed by atoms with van der Waals surface area (Å²) in [5, 5.41) is 0. The van der Waals surface area contributed by atoms with Crippen LogP contribution in [0.3, 0.4) is 0 Å². The van der Waals surface area contributed by atoms with E-state index in [2.05, 4.69) is 6.92 Å². The van der Waals surface area contributed by atoms with Crippen molar-refractivity contribution >= 4 is 16.1 Å². The van der Waals surface area contributed by atoms with E-state index in [9.17, 15) is 13.2 Å². The summed E-state index contributed by atoms with van der Waals surface area (Å²) in [7, 11) is -1.75. The van der Waals surface area contributed by atoms with Crippen LogP contribution in [0.5, 0.6) is 0 Å². The summed E-state index contributed by atoms with van der Waals surface area (Å²) < 4.78 is 37.7. The molecule has 0 radical (unpaired) electrons. The number of carbonyl (C=O) groups excluding carboxylic acids is 1. The quantitative estimate of drug-likeness (QED) is 0.761. The zero-order valence-electron chi connectivity index (χ0n) is 13.3. The van der Waals surface area contributed by atoms with Crippen molar-refractivity contribution in [2.45, 2.75) is 57.0 Å². The van der Waals surface area contributed by atoms with Crippen molar-refractivity contribution < 1.29 is 22.7 Å². The molecule has 0 aromatic carbocycles. The number of likely N-dealkylation sites (N-methyl/N-ethyl adjacent to an activating group) is 1. The molecule has 0 spiro atoms. The molecule has 0 aromatic rings. The van der Waals surface area contributed by atoms with Gasteiger partial charge in [-0.25, -0.2) is 13.2 Å². The van der Waals surface area contributed by atoms with Crippen molar-refractivity contribution in [2.75, 3.05) is 25.9 Å². The minimum Gasteiger partial charge on any atom is -0.442 e. The molecule has 1 amide bonds. The lowest BCUT2D eigenvalue weighted by Gasteiger charge is -2.24. The average molecular weight is 332 g/mol. The highest BCUT2D eigenvalue weighted by Crippen LogP contribution is 2.34. The first kappa shape index (κ1) is 16.0. The number of sulfonamides is 1. The second-order valence-corrected chi connectivity index (χ2v) is 8.79. The van der Waals surface area contributed by atoms with E-state index in [0.717, 1.165) is 19.3 Å². The molecule has 7 nitrogen and oxygen atoms in total. The molecule has 3 saturated heterocycles. The van der Waals surface area contributed by atoms with Gasteiger partial charge in [0.1, 0.15) is 6.10 Å². The van der Waals surface area contributed by atoms with Gasteiger partial charge in [-0.15, -0.1) is 0 Å². The summed E-state index contributed by atoms with van der Waals surface area (Å²) in [6, 6.07) is -0.173. The van der Waals surface area contributed by atoms with Crippen molar-refractivity contribution in [1.29, 1.82) is 0 Å². The van der Waals surface area contributed by atoms with Crippen LogP contribution in [0.4, 0.5) is 4.79 Å². The van der Waals surface area contributed by atoms with Gasteiger partial charge in [0.05, 0.1) is 30.0 Å². The highest BCUT2D eigenvalue weighted by atomic mass is 32.2. The van der Waals surface area contributed by atoms with Gasteiger partial charge < -0.3 is 14.4 Å². The number of amides is 1. The normalized spacial score (nSPS) is 39.3. The Morgan fingerprint density at radius 1 is 1.36 bits per heavy atom. The van der Waals surface area contributed by atoms with Crippen LogP contribution in [0, 0.1) is 0 Å². The van der Waals surface area contributed by atoms with Crippen LogP contribution in [0.25, 0.3) is 0 Å². The smallest absolute Gasteiger partial charge is 0.410 e. The predicted octanol–water partition coefficient (Wildman–Crippen LogP) is 0.799. The van der Waals surface area contributed by atoms with Crippen molar-refractivity contribution in [3.63, 3.8) is 0 Å². The molecule has 3 rings (SSSR count). The van der Waals surface area contributed by atoms with E-state index in [4.69, 9.17) is 9.47 Å². The first-order valence-corrected chi connectivity index (χ1v) is 9.44. The van der Waals surface area contributed by atoms with E-state index in [1.165, 1.54) is 9.21 Å². The summed E-state index contributed by atoms with van der Waals surface area (Å²) in [5.74, 6) is 0.0136. The van der Waals surface area contributed by atoms with E-state index in [1.807, 2.05) is 6.92 Å². The Kier molecular flexibility index (Phi) is 3.89. The van der Waals surface area contributed by atoms with E-state index in [-0.39, 0.29) is 42.2 Å². The van der Waals surface area contributed by atoms with Gasteiger partial charge in [-0.2, -0.15) is 4.31 Å². The Hall–Kier alpha value is -0.860. The van der Waals surface area contributed by atoms with Crippen molar-refractivity contribution in [3.05, 3.63) is 0 Å². The van der Waals surface area contributed by atoms with E-state index < -0.39 is 10.0 Å². The zero-order valence-corrected chi connectivity index (χ0v) is 14.1. The van der Waals surface area contributed by atoms with Gasteiger partial charge in [-0.1, -0.05) is 6.92 Å². The van der Waals surface area contributed by atoms with Gasteiger partial charge in [-0.05, 0) is 26.2 Å². The molecule has 126 valence electrons. The zero-order chi connectivity index (χ0) is 16.1. The molecule has 3 aliphatic heterocycles. The lowest BCUT2D eigenvalue weighted by Crippen LogP contribution is -2.39. The van der Waals surface area contributed by atoms with E-state index in [1.54, 1.807) is 7.05 Å². The van der Waals surface area contributed by atoms with E-state index >= 15 is 0 Å². The minimum atomic E-state index is -3.39. The molecule has 0 bridgehead atoms. The highest BCUT2D eigenvalue weighted by Gasteiger charge is 2.49. The fourth-order valence-electron chi connectivity index (χ4n) is 3.49. The van der Waals surface area contributed by atoms with Gasteiger partial charge in [-0.3, -0.25) is 0 Å². The Labute approximate surface area is 131 Å². The molecular formula is C14H24N2O5S. The third kappa shape index (κ3) is 2.72. The Morgan fingerprint density at radius 2 is 2.09 bits per heavy atom. The van der Waals surface area contributed by atoms with Gasteiger partial charge in [0.2, 0.25) is 10.0 Å². The molecule has 0 saturated carbocycles. The number of carbonyl (C=O) groups is 1. The van der Waals surface area contributed by atoms with Crippen LogP contribution in [-0.4, -0.2) is 73.5 Å².